The molecule has 1 heterocycles. The fraction of sp³-hybridized carbons (Fsp3) is 0.111. The van der Waals surface area contributed by atoms with Crippen molar-refractivity contribution in [1.82, 2.24) is 15.0 Å². The zero-order chi connectivity index (χ0) is 11.3. The molecule has 6 heteroatoms. The van der Waals surface area contributed by atoms with E-state index in [-0.39, 0.29) is 24.4 Å². The molecule has 0 aromatic carbocycles. The lowest BCUT2D eigenvalue weighted by Gasteiger charge is -1.96. The lowest BCUT2D eigenvalue weighted by Crippen LogP contribution is -2.19. The minimum atomic E-state index is -1.20. The first kappa shape index (κ1) is 10.7. The van der Waals surface area contributed by atoms with Gasteiger partial charge in [0.25, 0.3) is 11.6 Å². The molecule has 0 saturated heterocycles. The Labute approximate surface area is 84.8 Å². The maximum absolute atomic E-state index is 11.1. The van der Waals surface area contributed by atoms with E-state index in [1.807, 2.05) is 0 Å². The van der Waals surface area contributed by atoms with Gasteiger partial charge < -0.3 is 0 Å². The number of hydrogen-bond acceptors (Lipinski definition) is 6. The Balaban J connectivity index is 3.01. The van der Waals surface area contributed by atoms with Crippen LogP contribution in [0.5, 0.6) is 0 Å². The van der Waals surface area contributed by atoms with E-state index < -0.39 is 11.6 Å². The van der Waals surface area contributed by atoms with Gasteiger partial charge in [0.15, 0.2) is 6.29 Å². The molecule has 74 valence electrons. The SMILES string of the molecule is C#CCc1ncnc(C(=O)C(=O)C=O)n1. The molecular formula is C9H5N3O3. The number of hydrogen-bond donors (Lipinski definition) is 0. The van der Waals surface area contributed by atoms with Gasteiger partial charge in [0, 0.05) is 0 Å². The number of carbonyl (C=O) groups is 3. The van der Waals surface area contributed by atoms with Crippen LogP contribution in [0.15, 0.2) is 6.33 Å². The third-order valence-corrected chi connectivity index (χ3v) is 1.42. The van der Waals surface area contributed by atoms with E-state index in [1.54, 1.807) is 0 Å². The molecular weight excluding hydrogens is 198 g/mol. The second-order valence-corrected chi connectivity index (χ2v) is 2.42. The fourth-order valence-corrected chi connectivity index (χ4v) is 0.780. The fourth-order valence-electron chi connectivity index (χ4n) is 0.780. The zero-order valence-electron chi connectivity index (χ0n) is 7.51. The third-order valence-electron chi connectivity index (χ3n) is 1.42. The second-order valence-electron chi connectivity index (χ2n) is 2.42. The molecule has 0 N–H and O–H groups in total. The first-order valence-electron chi connectivity index (χ1n) is 3.84. The van der Waals surface area contributed by atoms with Gasteiger partial charge in [-0.25, -0.2) is 15.0 Å². The van der Waals surface area contributed by atoms with Gasteiger partial charge in [0.05, 0.1) is 6.42 Å². The van der Waals surface area contributed by atoms with Crippen LogP contribution in [0.1, 0.15) is 16.4 Å². The van der Waals surface area contributed by atoms with Crippen molar-refractivity contribution >= 4 is 17.9 Å². The Hall–Kier alpha value is -2.42. The Morgan fingerprint density at radius 3 is 2.80 bits per heavy atom. The van der Waals surface area contributed by atoms with Crippen molar-refractivity contribution in [3.05, 3.63) is 18.0 Å². The van der Waals surface area contributed by atoms with Gasteiger partial charge in [0.1, 0.15) is 12.2 Å². The van der Waals surface area contributed by atoms with Crippen LogP contribution in [0.4, 0.5) is 0 Å². The molecule has 0 unspecified atom stereocenters. The van der Waals surface area contributed by atoms with E-state index in [2.05, 4.69) is 20.9 Å². The standard InChI is InChI=1S/C9H5N3O3/c1-2-3-7-10-5-11-9(12-7)8(15)6(14)4-13/h1,4-5H,3H2. The molecule has 6 nitrogen and oxygen atoms in total. The Kier molecular flexibility index (Phi) is 3.35. The van der Waals surface area contributed by atoms with E-state index in [4.69, 9.17) is 6.42 Å². The molecule has 0 aliphatic rings. The number of terminal acetylenes is 1. The normalized spacial score (nSPS) is 9.00. The molecule has 1 aromatic heterocycles. The van der Waals surface area contributed by atoms with E-state index in [0.717, 1.165) is 6.33 Å². The third kappa shape index (κ3) is 2.51. The summed E-state index contributed by atoms with van der Waals surface area (Å²) in [7, 11) is 0. The monoisotopic (exact) mass is 203 g/mol. The highest BCUT2D eigenvalue weighted by atomic mass is 16.2. The van der Waals surface area contributed by atoms with E-state index in [1.165, 1.54) is 0 Å². The number of rotatable bonds is 4. The van der Waals surface area contributed by atoms with Crippen molar-refractivity contribution in [2.75, 3.05) is 0 Å². The van der Waals surface area contributed by atoms with Gasteiger partial charge in [-0.2, -0.15) is 0 Å². The maximum Gasteiger partial charge on any atom is 0.273 e. The van der Waals surface area contributed by atoms with Crippen LogP contribution in [-0.4, -0.2) is 32.8 Å². The van der Waals surface area contributed by atoms with Crippen molar-refractivity contribution in [3.8, 4) is 12.3 Å². The van der Waals surface area contributed by atoms with Gasteiger partial charge in [-0.15, -0.1) is 6.42 Å². The van der Waals surface area contributed by atoms with Crippen molar-refractivity contribution in [2.45, 2.75) is 6.42 Å². The summed E-state index contributed by atoms with van der Waals surface area (Å²) in [5.74, 6) is -0.155. The van der Waals surface area contributed by atoms with Crippen LogP contribution in [0.3, 0.4) is 0 Å². The first-order valence-corrected chi connectivity index (χ1v) is 3.84. The molecule has 0 aliphatic heterocycles. The minimum absolute atomic E-state index is 0.0903. The smallest absolute Gasteiger partial charge is 0.273 e. The number of Topliss-reactive ketones (excluding diaryl/α,β-unsaturated/α-hetero) is 2. The average molecular weight is 203 g/mol. The van der Waals surface area contributed by atoms with Gasteiger partial charge >= 0.3 is 0 Å². The topological polar surface area (TPSA) is 89.9 Å². The number of aldehydes is 1. The number of carbonyl (C=O) groups excluding carboxylic acids is 3. The molecule has 0 amide bonds. The summed E-state index contributed by atoms with van der Waals surface area (Å²) in [5, 5.41) is 0. The van der Waals surface area contributed by atoms with Crippen molar-refractivity contribution in [1.29, 1.82) is 0 Å². The van der Waals surface area contributed by atoms with Gasteiger partial charge in [-0.05, 0) is 0 Å². The molecule has 0 bridgehead atoms. The minimum Gasteiger partial charge on any atom is -0.294 e. The summed E-state index contributed by atoms with van der Waals surface area (Å²) >= 11 is 0. The molecule has 15 heavy (non-hydrogen) atoms. The molecule has 0 aliphatic carbocycles. The van der Waals surface area contributed by atoms with E-state index in [0.29, 0.717) is 0 Å². The Bertz CT molecular complexity index is 462. The largest absolute Gasteiger partial charge is 0.294 e. The van der Waals surface area contributed by atoms with Crippen LogP contribution in [0.25, 0.3) is 0 Å². The molecule has 1 rings (SSSR count). The van der Waals surface area contributed by atoms with Crippen molar-refractivity contribution in [3.63, 3.8) is 0 Å². The van der Waals surface area contributed by atoms with Gasteiger partial charge in [-0.1, -0.05) is 5.92 Å². The second kappa shape index (κ2) is 4.72. The quantitative estimate of drug-likeness (QED) is 0.205. The van der Waals surface area contributed by atoms with Crippen molar-refractivity contribution < 1.29 is 14.4 Å². The summed E-state index contributed by atoms with van der Waals surface area (Å²) in [6.45, 7) is 0. The summed E-state index contributed by atoms with van der Waals surface area (Å²) in [6, 6.07) is 0. The predicted molar refractivity (Wildman–Crippen MR) is 47.8 cm³/mol. The predicted octanol–water partition coefficient (Wildman–Crippen LogP) is -1.00. The van der Waals surface area contributed by atoms with Gasteiger partial charge in [0.2, 0.25) is 5.82 Å². The molecule has 0 radical (unpaired) electrons. The first-order chi connectivity index (χ1) is 7.19. The van der Waals surface area contributed by atoms with Crippen LogP contribution < -0.4 is 0 Å². The summed E-state index contributed by atoms with van der Waals surface area (Å²) in [6.07, 6.45) is 6.11. The number of aromatic nitrogens is 3. The van der Waals surface area contributed by atoms with Crippen LogP contribution >= 0.6 is 0 Å². The highest BCUT2D eigenvalue weighted by Gasteiger charge is 2.18. The van der Waals surface area contributed by atoms with Crippen LogP contribution in [-0.2, 0) is 16.0 Å². The number of nitrogens with zero attached hydrogens (tertiary/aromatic N) is 3. The zero-order valence-corrected chi connectivity index (χ0v) is 7.51. The molecule has 0 atom stereocenters. The summed E-state index contributed by atoms with van der Waals surface area (Å²) in [4.78, 5) is 42.7. The summed E-state index contributed by atoms with van der Waals surface area (Å²) < 4.78 is 0. The molecule has 0 saturated carbocycles. The van der Waals surface area contributed by atoms with E-state index in [9.17, 15) is 14.4 Å². The molecule has 0 fully saturated rings. The van der Waals surface area contributed by atoms with E-state index >= 15 is 0 Å². The average Bonchev–Trinajstić information content (AvgIpc) is 2.28. The maximum atomic E-state index is 11.1. The van der Waals surface area contributed by atoms with Crippen molar-refractivity contribution in [2.24, 2.45) is 0 Å². The highest BCUT2D eigenvalue weighted by molar-refractivity contribution is 6.61. The highest BCUT2D eigenvalue weighted by Crippen LogP contribution is 1.94. The Morgan fingerprint density at radius 1 is 1.47 bits per heavy atom. The van der Waals surface area contributed by atoms with Crippen LogP contribution in [0.2, 0.25) is 0 Å². The molecule has 1 aromatic rings. The lowest BCUT2D eigenvalue weighted by atomic mass is 10.2. The van der Waals surface area contributed by atoms with Crippen LogP contribution in [0, 0.1) is 12.3 Å². The molecule has 0 spiro atoms. The number of ketones is 2. The van der Waals surface area contributed by atoms with Gasteiger partial charge in [-0.3, -0.25) is 14.4 Å². The lowest BCUT2D eigenvalue weighted by molar-refractivity contribution is -0.126. The summed E-state index contributed by atoms with van der Waals surface area (Å²) in [5.41, 5.74) is 0. The Morgan fingerprint density at radius 2 is 2.20 bits per heavy atom.